The van der Waals surface area contributed by atoms with Crippen LogP contribution in [-0.4, -0.2) is 50.1 Å². The molecule has 2 aliphatic rings. The Kier molecular flexibility index (Phi) is 4.76. The monoisotopic (exact) mass is 353 g/mol. The van der Waals surface area contributed by atoms with Crippen LogP contribution in [0, 0.1) is 5.41 Å². The molecule has 1 atom stereocenters. The molecule has 26 heavy (non-hydrogen) atoms. The van der Waals surface area contributed by atoms with Crippen molar-refractivity contribution in [2.75, 3.05) is 19.6 Å². The topological polar surface area (TPSA) is 54.3 Å². The SMILES string of the molecule is Cn1nccc1CN1CCCC2(CC1)CCN(Cc1cccnc1)C2=O. The van der Waals surface area contributed by atoms with Crippen molar-refractivity contribution in [1.29, 1.82) is 0 Å². The second-order valence-corrected chi connectivity index (χ2v) is 7.69. The van der Waals surface area contributed by atoms with Crippen molar-refractivity contribution in [2.45, 2.75) is 38.8 Å². The lowest BCUT2D eigenvalue weighted by Crippen LogP contribution is -2.35. The maximum atomic E-state index is 13.2. The van der Waals surface area contributed by atoms with E-state index in [1.807, 2.05) is 41.2 Å². The minimum absolute atomic E-state index is 0.149. The number of carbonyl (C=O) groups is 1. The van der Waals surface area contributed by atoms with E-state index in [4.69, 9.17) is 0 Å². The number of aryl methyl sites for hydroxylation is 1. The van der Waals surface area contributed by atoms with Crippen molar-refractivity contribution in [1.82, 2.24) is 24.6 Å². The molecule has 1 unspecified atom stereocenters. The summed E-state index contributed by atoms with van der Waals surface area (Å²) < 4.78 is 1.94. The van der Waals surface area contributed by atoms with Crippen LogP contribution in [0.15, 0.2) is 36.8 Å². The van der Waals surface area contributed by atoms with Crippen LogP contribution in [0.1, 0.15) is 36.9 Å². The summed E-state index contributed by atoms with van der Waals surface area (Å²) in [6.07, 6.45) is 9.55. The first-order valence-electron chi connectivity index (χ1n) is 9.54. The van der Waals surface area contributed by atoms with E-state index >= 15 is 0 Å². The predicted octanol–water partition coefficient (Wildman–Crippen LogP) is 2.22. The van der Waals surface area contributed by atoms with E-state index in [-0.39, 0.29) is 5.41 Å². The molecule has 0 bridgehead atoms. The summed E-state index contributed by atoms with van der Waals surface area (Å²) in [6, 6.07) is 6.07. The molecule has 1 spiro atoms. The summed E-state index contributed by atoms with van der Waals surface area (Å²) >= 11 is 0. The van der Waals surface area contributed by atoms with E-state index in [1.165, 1.54) is 5.69 Å². The molecule has 0 saturated carbocycles. The number of likely N-dealkylation sites (tertiary alicyclic amines) is 2. The van der Waals surface area contributed by atoms with Gasteiger partial charge in [0, 0.05) is 45.3 Å². The highest BCUT2D eigenvalue weighted by Crippen LogP contribution is 2.42. The van der Waals surface area contributed by atoms with E-state index in [2.05, 4.69) is 21.0 Å². The smallest absolute Gasteiger partial charge is 0.229 e. The van der Waals surface area contributed by atoms with Crippen molar-refractivity contribution in [3.8, 4) is 0 Å². The maximum Gasteiger partial charge on any atom is 0.229 e. The fourth-order valence-electron chi connectivity index (χ4n) is 4.41. The van der Waals surface area contributed by atoms with Gasteiger partial charge in [-0.2, -0.15) is 5.10 Å². The molecule has 4 rings (SSSR count). The molecular weight excluding hydrogens is 326 g/mol. The Morgan fingerprint density at radius 2 is 1.96 bits per heavy atom. The van der Waals surface area contributed by atoms with Gasteiger partial charge in [0.15, 0.2) is 0 Å². The van der Waals surface area contributed by atoms with Crippen LogP contribution < -0.4 is 0 Å². The Balaban J connectivity index is 1.40. The van der Waals surface area contributed by atoms with E-state index in [0.717, 1.165) is 57.4 Å². The zero-order chi connectivity index (χ0) is 18.0. The van der Waals surface area contributed by atoms with Crippen LogP contribution in [0.4, 0.5) is 0 Å². The lowest BCUT2D eigenvalue weighted by Gasteiger charge is -2.27. The normalized spacial score (nSPS) is 24.3. The van der Waals surface area contributed by atoms with Gasteiger partial charge in [-0.15, -0.1) is 0 Å². The fraction of sp³-hybridized carbons (Fsp3) is 0.550. The van der Waals surface area contributed by atoms with Gasteiger partial charge in [0.2, 0.25) is 5.91 Å². The number of aromatic nitrogens is 3. The van der Waals surface area contributed by atoms with Gasteiger partial charge in [0.1, 0.15) is 0 Å². The molecule has 2 saturated heterocycles. The van der Waals surface area contributed by atoms with Crippen LogP contribution in [0.2, 0.25) is 0 Å². The molecule has 2 aliphatic heterocycles. The zero-order valence-corrected chi connectivity index (χ0v) is 15.5. The van der Waals surface area contributed by atoms with Crippen LogP contribution in [-0.2, 0) is 24.9 Å². The minimum Gasteiger partial charge on any atom is -0.338 e. The first-order valence-corrected chi connectivity index (χ1v) is 9.54. The van der Waals surface area contributed by atoms with E-state index in [1.54, 1.807) is 6.20 Å². The summed E-state index contributed by atoms with van der Waals surface area (Å²) in [5, 5.41) is 4.26. The van der Waals surface area contributed by atoms with Gasteiger partial charge in [-0.25, -0.2) is 0 Å². The number of carbonyl (C=O) groups excluding carboxylic acids is 1. The van der Waals surface area contributed by atoms with Crippen molar-refractivity contribution in [2.24, 2.45) is 12.5 Å². The van der Waals surface area contributed by atoms with Crippen molar-refractivity contribution >= 4 is 5.91 Å². The summed E-state index contributed by atoms with van der Waals surface area (Å²) in [7, 11) is 1.99. The van der Waals surface area contributed by atoms with Crippen LogP contribution >= 0.6 is 0 Å². The van der Waals surface area contributed by atoms with Crippen molar-refractivity contribution in [3.05, 3.63) is 48.0 Å². The minimum atomic E-state index is -0.149. The number of pyridine rings is 1. The lowest BCUT2D eigenvalue weighted by atomic mass is 9.79. The molecule has 6 nitrogen and oxygen atoms in total. The number of rotatable bonds is 4. The molecule has 138 valence electrons. The van der Waals surface area contributed by atoms with Crippen LogP contribution in [0.3, 0.4) is 0 Å². The Labute approximate surface area is 154 Å². The van der Waals surface area contributed by atoms with Crippen LogP contribution in [0.5, 0.6) is 0 Å². The van der Waals surface area contributed by atoms with Gasteiger partial charge in [-0.1, -0.05) is 6.07 Å². The molecule has 0 aliphatic carbocycles. The molecule has 6 heteroatoms. The highest BCUT2D eigenvalue weighted by Gasteiger charge is 2.46. The average molecular weight is 353 g/mol. The molecule has 1 amide bonds. The van der Waals surface area contributed by atoms with Crippen molar-refractivity contribution < 1.29 is 4.79 Å². The maximum absolute atomic E-state index is 13.2. The third kappa shape index (κ3) is 3.38. The van der Waals surface area contributed by atoms with Gasteiger partial charge in [-0.3, -0.25) is 19.4 Å². The number of amides is 1. The third-order valence-electron chi connectivity index (χ3n) is 6.04. The fourth-order valence-corrected chi connectivity index (χ4v) is 4.41. The van der Waals surface area contributed by atoms with E-state index in [9.17, 15) is 4.79 Å². The molecule has 2 fully saturated rings. The molecule has 0 N–H and O–H groups in total. The number of hydrogen-bond acceptors (Lipinski definition) is 4. The van der Waals surface area contributed by atoms with Gasteiger partial charge >= 0.3 is 0 Å². The first-order chi connectivity index (χ1) is 12.7. The van der Waals surface area contributed by atoms with Crippen LogP contribution in [0.25, 0.3) is 0 Å². The standard InChI is InChI=1S/C20H27N5O/c1-23-18(5-10-22-23)16-24-11-3-6-20(7-12-24)8-13-25(19(20)26)15-17-4-2-9-21-14-17/h2,4-5,9-10,14H,3,6-8,11-13,15-16H2,1H3. The molecule has 0 radical (unpaired) electrons. The predicted molar refractivity (Wildman–Crippen MR) is 99.0 cm³/mol. The zero-order valence-electron chi connectivity index (χ0n) is 15.5. The number of hydrogen-bond donors (Lipinski definition) is 0. The summed E-state index contributed by atoms with van der Waals surface area (Å²) in [4.78, 5) is 21.9. The summed E-state index contributed by atoms with van der Waals surface area (Å²) in [5.74, 6) is 0.351. The molecular formula is C20H27N5O. The van der Waals surface area contributed by atoms with E-state index in [0.29, 0.717) is 12.5 Å². The molecule has 2 aromatic heterocycles. The van der Waals surface area contributed by atoms with Gasteiger partial charge in [0.05, 0.1) is 11.1 Å². The Bertz CT molecular complexity index is 759. The largest absolute Gasteiger partial charge is 0.338 e. The van der Waals surface area contributed by atoms with E-state index < -0.39 is 0 Å². The summed E-state index contributed by atoms with van der Waals surface area (Å²) in [6.45, 7) is 4.52. The Morgan fingerprint density at radius 3 is 2.73 bits per heavy atom. The second-order valence-electron chi connectivity index (χ2n) is 7.69. The first kappa shape index (κ1) is 17.2. The van der Waals surface area contributed by atoms with Crippen molar-refractivity contribution in [3.63, 3.8) is 0 Å². The summed E-state index contributed by atoms with van der Waals surface area (Å²) in [5.41, 5.74) is 2.20. The average Bonchev–Trinajstić information content (AvgIpc) is 3.10. The quantitative estimate of drug-likeness (QED) is 0.846. The van der Waals surface area contributed by atoms with Gasteiger partial charge < -0.3 is 4.90 Å². The second kappa shape index (κ2) is 7.19. The third-order valence-corrected chi connectivity index (χ3v) is 6.04. The Morgan fingerprint density at radius 1 is 1.08 bits per heavy atom. The molecule has 0 aromatic carbocycles. The number of nitrogens with zero attached hydrogens (tertiary/aromatic N) is 5. The highest BCUT2D eigenvalue weighted by molar-refractivity contribution is 5.84. The lowest BCUT2D eigenvalue weighted by molar-refractivity contribution is -0.137. The van der Waals surface area contributed by atoms with Gasteiger partial charge in [-0.05, 0) is 56.5 Å². The molecule has 2 aromatic rings. The Hall–Kier alpha value is -2.21. The van der Waals surface area contributed by atoms with Gasteiger partial charge in [0.25, 0.3) is 0 Å². The highest BCUT2D eigenvalue weighted by atomic mass is 16.2. The molecule has 4 heterocycles.